The molecule has 1 aliphatic rings. The topological polar surface area (TPSA) is 42.4 Å². The predicted octanol–water partition coefficient (Wildman–Crippen LogP) is 5.39. The van der Waals surface area contributed by atoms with E-state index >= 15 is 0 Å². The highest BCUT2D eigenvalue weighted by Crippen LogP contribution is 2.37. The molecule has 7 heteroatoms. The molecule has 1 aromatic heterocycles. The molecule has 0 radical (unpaired) electrons. The number of halogens is 1. The molecule has 0 unspecified atom stereocenters. The Labute approximate surface area is 171 Å². The number of thioether (sulfide) groups is 1. The first kappa shape index (κ1) is 19.0. The SMILES string of the molecule is C[C@@H]1CCN(C(=O)c2csc(COc3ccc(F)cc3)n2)c2ccccc2S1. The lowest BCUT2D eigenvalue weighted by molar-refractivity contribution is 0.0982. The minimum absolute atomic E-state index is 0.0913. The van der Waals surface area contributed by atoms with Crippen LogP contribution in [0.4, 0.5) is 10.1 Å². The Morgan fingerprint density at radius 3 is 2.86 bits per heavy atom. The van der Waals surface area contributed by atoms with Crippen molar-refractivity contribution in [1.29, 1.82) is 0 Å². The molecule has 1 aliphatic heterocycles. The number of fused-ring (bicyclic) bond motifs is 1. The van der Waals surface area contributed by atoms with E-state index in [2.05, 4.69) is 18.0 Å². The van der Waals surface area contributed by atoms with Crippen LogP contribution in [0.5, 0.6) is 5.75 Å². The van der Waals surface area contributed by atoms with E-state index in [1.165, 1.54) is 23.5 Å². The van der Waals surface area contributed by atoms with Crippen LogP contribution < -0.4 is 9.64 Å². The van der Waals surface area contributed by atoms with Crippen molar-refractivity contribution in [1.82, 2.24) is 4.98 Å². The largest absolute Gasteiger partial charge is 0.486 e. The Hall–Kier alpha value is -2.38. The fraction of sp³-hybridized carbons (Fsp3) is 0.238. The summed E-state index contributed by atoms with van der Waals surface area (Å²) in [6, 6.07) is 13.8. The molecule has 0 N–H and O–H groups in total. The molecule has 2 heterocycles. The van der Waals surface area contributed by atoms with Crippen molar-refractivity contribution in [2.75, 3.05) is 11.4 Å². The monoisotopic (exact) mass is 414 g/mol. The van der Waals surface area contributed by atoms with Gasteiger partial charge in [-0.3, -0.25) is 4.79 Å². The molecule has 0 fully saturated rings. The number of hydrogen-bond acceptors (Lipinski definition) is 5. The highest BCUT2D eigenvalue weighted by atomic mass is 32.2. The van der Waals surface area contributed by atoms with Crippen LogP contribution in [-0.4, -0.2) is 22.7 Å². The molecule has 0 spiro atoms. The molecule has 2 aromatic carbocycles. The van der Waals surface area contributed by atoms with Crippen molar-refractivity contribution in [2.24, 2.45) is 0 Å². The predicted molar refractivity (Wildman–Crippen MR) is 111 cm³/mol. The fourth-order valence-corrected chi connectivity index (χ4v) is 4.78. The Morgan fingerprint density at radius 1 is 1.25 bits per heavy atom. The van der Waals surface area contributed by atoms with E-state index in [1.807, 2.05) is 23.1 Å². The zero-order valence-electron chi connectivity index (χ0n) is 15.3. The standard InChI is InChI=1S/C21H19FN2O2S2/c1-14-10-11-24(18-4-2-3-5-19(18)28-14)21(25)17-13-27-20(23-17)12-26-16-8-6-15(22)7-9-16/h2-9,13-14H,10-12H2,1H3/t14-/m1/s1. The smallest absolute Gasteiger partial charge is 0.277 e. The molecule has 3 aromatic rings. The lowest BCUT2D eigenvalue weighted by Gasteiger charge is -2.21. The maximum Gasteiger partial charge on any atom is 0.277 e. The summed E-state index contributed by atoms with van der Waals surface area (Å²) in [5.41, 5.74) is 1.37. The molecule has 1 atom stereocenters. The van der Waals surface area contributed by atoms with Gasteiger partial charge in [0.2, 0.25) is 0 Å². The quantitative estimate of drug-likeness (QED) is 0.574. The average Bonchev–Trinajstić information content (AvgIpc) is 3.10. The van der Waals surface area contributed by atoms with Crippen LogP contribution in [0.25, 0.3) is 0 Å². The Balaban J connectivity index is 1.49. The number of anilines is 1. The number of benzene rings is 2. The summed E-state index contributed by atoms with van der Waals surface area (Å²) in [7, 11) is 0. The molecule has 0 bridgehead atoms. The normalized spacial score (nSPS) is 16.4. The van der Waals surface area contributed by atoms with E-state index < -0.39 is 0 Å². The van der Waals surface area contributed by atoms with E-state index in [-0.39, 0.29) is 18.3 Å². The van der Waals surface area contributed by atoms with Gasteiger partial charge in [0.1, 0.15) is 28.9 Å². The van der Waals surface area contributed by atoms with E-state index in [9.17, 15) is 9.18 Å². The zero-order valence-corrected chi connectivity index (χ0v) is 16.9. The Kier molecular flexibility index (Phi) is 5.64. The van der Waals surface area contributed by atoms with Crippen molar-refractivity contribution in [3.63, 3.8) is 0 Å². The number of amides is 1. The number of hydrogen-bond donors (Lipinski definition) is 0. The lowest BCUT2D eigenvalue weighted by Crippen LogP contribution is -2.32. The van der Waals surface area contributed by atoms with Gasteiger partial charge in [-0.05, 0) is 42.8 Å². The van der Waals surface area contributed by atoms with Crippen molar-refractivity contribution in [2.45, 2.75) is 30.1 Å². The molecule has 0 aliphatic carbocycles. The van der Waals surface area contributed by atoms with Crippen molar-refractivity contribution in [3.8, 4) is 5.75 Å². The zero-order chi connectivity index (χ0) is 19.5. The Morgan fingerprint density at radius 2 is 2.04 bits per heavy atom. The van der Waals surface area contributed by atoms with Crippen LogP contribution in [0, 0.1) is 5.82 Å². The maximum absolute atomic E-state index is 13.1. The molecule has 0 saturated heterocycles. The number of aromatic nitrogens is 1. The van der Waals surface area contributed by atoms with Gasteiger partial charge < -0.3 is 9.64 Å². The maximum atomic E-state index is 13.1. The molecule has 0 saturated carbocycles. The lowest BCUT2D eigenvalue weighted by atomic mass is 10.2. The molecule has 28 heavy (non-hydrogen) atoms. The number of thiazole rings is 1. The van der Waals surface area contributed by atoms with Gasteiger partial charge in [0.25, 0.3) is 5.91 Å². The van der Waals surface area contributed by atoms with Gasteiger partial charge in [-0.15, -0.1) is 23.1 Å². The second-order valence-electron chi connectivity index (χ2n) is 6.51. The van der Waals surface area contributed by atoms with Crippen LogP contribution in [-0.2, 0) is 6.61 Å². The van der Waals surface area contributed by atoms with Gasteiger partial charge in [-0.2, -0.15) is 0 Å². The number of carbonyl (C=O) groups excluding carboxylic acids is 1. The summed E-state index contributed by atoms with van der Waals surface area (Å²) in [6.07, 6.45) is 0.926. The summed E-state index contributed by atoms with van der Waals surface area (Å²) in [6.45, 7) is 3.10. The molecule has 4 rings (SSSR count). The number of carbonyl (C=O) groups is 1. The van der Waals surface area contributed by atoms with Gasteiger partial charge in [0, 0.05) is 22.1 Å². The van der Waals surface area contributed by atoms with Crippen LogP contribution in [0.15, 0.2) is 58.8 Å². The number of para-hydroxylation sites is 1. The van der Waals surface area contributed by atoms with Gasteiger partial charge in [-0.1, -0.05) is 19.1 Å². The summed E-state index contributed by atoms with van der Waals surface area (Å²) in [4.78, 5) is 20.5. The minimum Gasteiger partial charge on any atom is -0.486 e. The molecule has 4 nitrogen and oxygen atoms in total. The second-order valence-corrected chi connectivity index (χ2v) is 8.93. The third kappa shape index (κ3) is 4.20. The number of ether oxygens (including phenoxy) is 1. The number of rotatable bonds is 4. The van der Waals surface area contributed by atoms with Crippen molar-refractivity contribution < 1.29 is 13.9 Å². The average molecular weight is 415 g/mol. The van der Waals surface area contributed by atoms with Gasteiger partial charge in [-0.25, -0.2) is 9.37 Å². The Bertz CT molecular complexity index is 975. The van der Waals surface area contributed by atoms with E-state index in [1.54, 1.807) is 29.3 Å². The van der Waals surface area contributed by atoms with Gasteiger partial charge in [0.05, 0.1) is 5.69 Å². The highest BCUT2D eigenvalue weighted by Gasteiger charge is 2.26. The summed E-state index contributed by atoms with van der Waals surface area (Å²) >= 11 is 3.19. The highest BCUT2D eigenvalue weighted by molar-refractivity contribution is 8.00. The summed E-state index contributed by atoms with van der Waals surface area (Å²) in [5.74, 6) is 0.170. The van der Waals surface area contributed by atoms with Crippen LogP contribution in [0.2, 0.25) is 0 Å². The molecule has 1 amide bonds. The van der Waals surface area contributed by atoms with E-state index in [0.29, 0.717) is 28.2 Å². The van der Waals surface area contributed by atoms with Crippen molar-refractivity contribution >= 4 is 34.7 Å². The first-order chi connectivity index (χ1) is 13.6. The summed E-state index contributed by atoms with van der Waals surface area (Å²) in [5, 5.41) is 2.93. The van der Waals surface area contributed by atoms with E-state index in [0.717, 1.165) is 17.0 Å². The van der Waals surface area contributed by atoms with Crippen LogP contribution >= 0.6 is 23.1 Å². The fourth-order valence-electron chi connectivity index (χ4n) is 2.99. The molecular weight excluding hydrogens is 395 g/mol. The molecular formula is C21H19FN2O2S2. The second kappa shape index (κ2) is 8.32. The van der Waals surface area contributed by atoms with Crippen LogP contribution in [0.1, 0.15) is 28.8 Å². The minimum atomic E-state index is -0.306. The first-order valence-corrected chi connectivity index (χ1v) is 10.8. The van der Waals surface area contributed by atoms with Crippen LogP contribution in [0.3, 0.4) is 0 Å². The van der Waals surface area contributed by atoms with Gasteiger partial charge in [0.15, 0.2) is 0 Å². The molecule has 144 valence electrons. The van der Waals surface area contributed by atoms with Gasteiger partial charge >= 0.3 is 0 Å². The van der Waals surface area contributed by atoms with Crippen molar-refractivity contribution in [3.05, 3.63) is 70.4 Å². The third-order valence-corrected chi connectivity index (χ3v) is 6.49. The first-order valence-electron chi connectivity index (χ1n) is 9.00. The van der Waals surface area contributed by atoms with E-state index in [4.69, 9.17) is 4.74 Å². The third-order valence-electron chi connectivity index (χ3n) is 4.44. The summed E-state index contributed by atoms with van der Waals surface area (Å²) < 4.78 is 18.6. The number of nitrogens with zero attached hydrogens (tertiary/aromatic N) is 2.